The molecule has 1 N–H and O–H groups in total. The molecule has 0 amide bonds. The van der Waals surface area contributed by atoms with Crippen LogP contribution in [-0.4, -0.2) is 27.2 Å². The predicted octanol–water partition coefficient (Wildman–Crippen LogP) is 2.23. The van der Waals surface area contributed by atoms with Crippen LogP contribution >= 0.6 is 0 Å². The van der Waals surface area contributed by atoms with E-state index < -0.39 is 24.7 Å². The molecule has 4 nitrogen and oxygen atoms in total. The molecule has 2 unspecified atom stereocenters. The molecule has 0 aliphatic carbocycles. The van der Waals surface area contributed by atoms with Crippen LogP contribution in [0, 0.1) is 0 Å². The van der Waals surface area contributed by atoms with Crippen molar-refractivity contribution in [3.05, 3.63) is 5.82 Å². The van der Waals surface area contributed by atoms with E-state index >= 15 is 0 Å². The number of hydrogen-bond donors (Lipinski definition) is 1. The third kappa shape index (κ3) is 1.83. The van der Waals surface area contributed by atoms with E-state index in [9.17, 15) is 17.6 Å². The van der Waals surface area contributed by atoms with Crippen LogP contribution in [0.2, 0.25) is 0 Å². The summed E-state index contributed by atoms with van der Waals surface area (Å²) >= 11 is 0. The number of fused-ring (bicyclic) bond motifs is 1. The average molecular weight is 238 g/mol. The van der Waals surface area contributed by atoms with Gasteiger partial charge in [0.2, 0.25) is 11.8 Å². The maximum atomic E-state index is 12.7. The van der Waals surface area contributed by atoms with Crippen molar-refractivity contribution in [2.45, 2.75) is 38.3 Å². The number of nitrogens with zero attached hydrogens (tertiary/aromatic N) is 3. The van der Waals surface area contributed by atoms with Gasteiger partial charge in [0.1, 0.15) is 6.04 Å². The number of halogens is 4. The zero-order valence-corrected chi connectivity index (χ0v) is 8.37. The number of hydrogen-bond acceptors (Lipinski definition) is 3. The van der Waals surface area contributed by atoms with E-state index in [1.165, 1.54) is 0 Å². The highest BCUT2D eigenvalue weighted by Crippen LogP contribution is 2.31. The molecule has 1 aliphatic heterocycles. The Bertz CT molecular complexity index is 378. The van der Waals surface area contributed by atoms with E-state index in [-0.39, 0.29) is 18.4 Å². The van der Waals surface area contributed by atoms with Gasteiger partial charge in [-0.2, -0.15) is 4.98 Å². The Labute approximate surface area is 88.7 Å². The fourth-order valence-corrected chi connectivity index (χ4v) is 1.71. The van der Waals surface area contributed by atoms with Crippen molar-refractivity contribution in [3.8, 4) is 0 Å². The molecule has 0 bridgehead atoms. The Morgan fingerprint density at radius 1 is 1.38 bits per heavy atom. The number of anilines is 1. The quantitative estimate of drug-likeness (QED) is 0.803. The SMILES string of the molecule is CC1CC(C(F)F)n2nc(C(F)F)nc2N1. The Hall–Kier alpha value is -1.34. The smallest absolute Gasteiger partial charge is 0.299 e. The van der Waals surface area contributed by atoms with Gasteiger partial charge in [0.05, 0.1) is 0 Å². The van der Waals surface area contributed by atoms with E-state index in [1.54, 1.807) is 6.92 Å². The maximum absolute atomic E-state index is 12.7. The summed E-state index contributed by atoms with van der Waals surface area (Å²) in [5.74, 6) is -0.735. The lowest BCUT2D eigenvalue weighted by molar-refractivity contribution is 0.0651. The van der Waals surface area contributed by atoms with E-state index in [0.29, 0.717) is 0 Å². The van der Waals surface area contributed by atoms with Gasteiger partial charge in [-0.1, -0.05) is 0 Å². The number of aromatic nitrogens is 3. The summed E-state index contributed by atoms with van der Waals surface area (Å²) in [5.41, 5.74) is 0. The lowest BCUT2D eigenvalue weighted by Crippen LogP contribution is -2.33. The van der Waals surface area contributed by atoms with Crippen LogP contribution in [0.25, 0.3) is 0 Å². The summed E-state index contributed by atoms with van der Waals surface area (Å²) in [6.45, 7) is 1.69. The largest absolute Gasteiger partial charge is 0.352 e. The first-order valence-electron chi connectivity index (χ1n) is 4.78. The van der Waals surface area contributed by atoms with Crippen LogP contribution in [0.3, 0.4) is 0 Å². The molecule has 0 saturated carbocycles. The minimum Gasteiger partial charge on any atom is -0.352 e. The third-order valence-electron chi connectivity index (χ3n) is 2.42. The predicted molar refractivity (Wildman–Crippen MR) is 47.7 cm³/mol. The molecular weight excluding hydrogens is 228 g/mol. The van der Waals surface area contributed by atoms with Crippen LogP contribution in [-0.2, 0) is 0 Å². The van der Waals surface area contributed by atoms with Gasteiger partial charge in [-0.3, -0.25) is 0 Å². The minimum atomic E-state index is -2.85. The lowest BCUT2D eigenvalue weighted by Gasteiger charge is -2.28. The van der Waals surface area contributed by atoms with Crippen molar-refractivity contribution < 1.29 is 17.6 Å². The monoisotopic (exact) mass is 238 g/mol. The second-order valence-electron chi connectivity index (χ2n) is 3.72. The van der Waals surface area contributed by atoms with Gasteiger partial charge in [-0.25, -0.2) is 22.2 Å². The first-order chi connectivity index (χ1) is 7.49. The first kappa shape index (κ1) is 11.2. The van der Waals surface area contributed by atoms with Crippen molar-refractivity contribution >= 4 is 5.95 Å². The van der Waals surface area contributed by atoms with Gasteiger partial charge in [0, 0.05) is 6.04 Å². The van der Waals surface area contributed by atoms with E-state index in [0.717, 1.165) is 4.68 Å². The second-order valence-corrected chi connectivity index (χ2v) is 3.72. The molecule has 0 aromatic carbocycles. The molecule has 8 heteroatoms. The molecule has 16 heavy (non-hydrogen) atoms. The summed E-state index contributed by atoms with van der Waals surface area (Å²) in [6, 6.07) is -1.42. The molecule has 0 spiro atoms. The summed E-state index contributed by atoms with van der Waals surface area (Å²) in [7, 11) is 0. The van der Waals surface area contributed by atoms with Crippen molar-refractivity contribution in [2.24, 2.45) is 0 Å². The van der Waals surface area contributed by atoms with Gasteiger partial charge in [0.15, 0.2) is 0 Å². The standard InChI is InChI=1S/C8H10F4N4/c1-3-2-4(5(9)10)16-8(13-3)14-7(15-16)6(11)12/h3-6H,2H2,1H3,(H,13,14,15). The Morgan fingerprint density at radius 2 is 2.06 bits per heavy atom. The Balaban J connectivity index is 2.37. The zero-order valence-electron chi connectivity index (χ0n) is 8.37. The average Bonchev–Trinajstić information content (AvgIpc) is 2.59. The normalized spacial score (nSPS) is 24.7. The van der Waals surface area contributed by atoms with Gasteiger partial charge in [-0.15, -0.1) is 5.10 Å². The number of nitrogens with one attached hydrogen (secondary N) is 1. The van der Waals surface area contributed by atoms with Crippen molar-refractivity contribution in [3.63, 3.8) is 0 Å². The molecule has 1 aromatic heterocycles. The van der Waals surface area contributed by atoms with Crippen LogP contribution in [0.5, 0.6) is 0 Å². The maximum Gasteiger partial charge on any atom is 0.299 e. The fraction of sp³-hybridized carbons (Fsp3) is 0.750. The summed E-state index contributed by atoms with van der Waals surface area (Å²) in [4.78, 5) is 3.49. The van der Waals surface area contributed by atoms with Crippen LogP contribution < -0.4 is 5.32 Å². The van der Waals surface area contributed by atoms with Gasteiger partial charge < -0.3 is 5.32 Å². The van der Waals surface area contributed by atoms with Gasteiger partial charge in [-0.05, 0) is 13.3 Å². The molecule has 0 radical (unpaired) electrons. The molecule has 2 atom stereocenters. The second kappa shape index (κ2) is 3.91. The van der Waals surface area contributed by atoms with Crippen molar-refractivity contribution in [1.29, 1.82) is 0 Å². The highest BCUT2D eigenvalue weighted by molar-refractivity contribution is 5.30. The Morgan fingerprint density at radius 3 is 2.62 bits per heavy atom. The van der Waals surface area contributed by atoms with E-state index in [2.05, 4.69) is 15.4 Å². The van der Waals surface area contributed by atoms with Crippen molar-refractivity contribution in [1.82, 2.24) is 14.8 Å². The lowest BCUT2D eigenvalue weighted by atomic mass is 10.1. The van der Waals surface area contributed by atoms with E-state index in [1.807, 2.05) is 0 Å². The third-order valence-corrected chi connectivity index (χ3v) is 2.42. The summed E-state index contributed by atoms with van der Waals surface area (Å²) < 4.78 is 50.9. The summed E-state index contributed by atoms with van der Waals surface area (Å²) in [5, 5.41) is 6.14. The minimum absolute atomic E-state index is 0.0145. The van der Waals surface area contributed by atoms with Crippen LogP contribution in [0.1, 0.15) is 31.6 Å². The molecular formula is C8H10F4N4. The van der Waals surface area contributed by atoms with Gasteiger partial charge in [0.25, 0.3) is 12.9 Å². The molecule has 2 rings (SSSR count). The fourth-order valence-electron chi connectivity index (χ4n) is 1.71. The number of alkyl halides is 4. The van der Waals surface area contributed by atoms with Crippen LogP contribution in [0.4, 0.5) is 23.5 Å². The molecule has 2 heterocycles. The van der Waals surface area contributed by atoms with Crippen LogP contribution in [0.15, 0.2) is 0 Å². The first-order valence-corrected chi connectivity index (χ1v) is 4.78. The van der Waals surface area contributed by atoms with Crippen molar-refractivity contribution in [2.75, 3.05) is 5.32 Å². The summed E-state index contributed by atoms with van der Waals surface area (Å²) in [6.07, 6.45) is -5.36. The molecule has 0 saturated heterocycles. The molecule has 1 aliphatic rings. The molecule has 90 valence electrons. The molecule has 0 fully saturated rings. The highest BCUT2D eigenvalue weighted by atomic mass is 19.3. The molecule has 1 aromatic rings. The zero-order chi connectivity index (χ0) is 11.9. The number of rotatable bonds is 2. The van der Waals surface area contributed by atoms with E-state index in [4.69, 9.17) is 0 Å². The highest BCUT2D eigenvalue weighted by Gasteiger charge is 2.34. The van der Waals surface area contributed by atoms with Gasteiger partial charge >= 0.3 is 0 Å². The Kier molecular flexibility index (Phi) is 2.73. The topological polar surface area (TPSA) is 42.7 Å².